The van der Waals surface area contributed by atoms with Crippen molar-refractivity contribution in [3.8, 4) is 11.3 Å². The van der Waals surface area contributed by atoms with Crippen LogP contribution >= 0.6 is 0 Å². The third-order valence-electron chi connectivity index (χ3n) is 7.61. The molecule has 1 aliphatic heterocycles. The summed E-state index contributed by atoms with van der Waals surface area (Å²) in [6, 6.07) is 3.97. The number of anilines is 1. The zero-order valence-electron chi connectivity index (χ0n) is 25.1. The SMILES string of the molecule is CCC(NC(=O)OC(C)(C)C)c1cc(C)nc2c(F)cc(-c3nc(NC4CCN(S(=O)(=O)C5CC5)CC4)ncc3F)cc12. The van der Waals surface area contributed by atoms with E-state index in [4.69, 9.17) is 4.74 Å². The second kappa shape index (κ2) is 11.9. The predicted molar refractivity (Wildman–Crippen MR) is 160 cm³/mol. The summed E-state index contributed by atoms with van der Waals surface area (Å²) in [6.45, 7) is 9.72. The molecule has 10 nitrogen and oxygen atoms in total. The zero-order chi connectivity index (χ0) is 31.1. The molecule has 2 aliphatic rings. The van der Waals surface area contributed by atoms with E-state index in [0.29, 0.717) is 49.0 Å². The van der Waals surface area contributed by atoms with Gasteiger partial charge in [0.25, 0.3) is 0 Å². The average Bonchev–Trinajstić information content (AvgIpc) is 3.79. The molecule has 0 spiro atoms. The summed E-state index contributed by atoms with van der Waals surface area (Å²) in [4.78, 5) is 25.4. The second-order valence-electron chi connectivity index (χ2n) is 12.3. The molecule has 1 unspecified atom stereocenters. The van der Waals surface area contributed by atoms with Crippen molar-refractivity contribution in [2.24, 2.45) is 0 Å². The van der Waals surface area contributed by atoms with Crippen molar-refractivity contribution in [3.63, 3.8) is 0 Å². The number of fused-ring (bicyclic) bond motifs is 1. The lowest BCUT2D eigenvalue weighted by Crippen LogP contribution is -2.43. The van der Waals surface area contributed by atoms with Gasteiger partial charge < -0.3 is 15.4 Å². The fourth-order valence-corrected chi connectivity index (χ4v) is 7.24. The van der Waals surface area contributed by atoms with Crippen LogP contribution in [0.5, 0.6) is 0 Å². The Morgan fingerprint density at radius 1 is 1.09 bits per heavy atom. The molecule has 5 rings (SSSR count). The number of rotatable bonds is 8. The van der Waals surface area contributed by atoms with E-state index in [9.17, 15) is 13.2 Å². The largest absolute Gasteiger partial charge is 0.444 e. The maximum Gasteiger partial charge on any atom is 0.408 e. The Hall–Kier alpha value is -3.45. The summed E-state index contributed by atoms with van der Waals surface area (Å²) in [5.41, 5.74) is 0.694. The molecule has 2 fully saturated rings. The van der Waals surface area contributed by atoms with Gasteiger partial charge >= 0.3 is 6.09 Å². The Labute approximate surface area is 250 Å². The first-order chi connectivity index (χ1) is 20.2. The summed E-state index contributed by atoms with van der Waals surface area (Å²) in [7, 11) is -3.23. The number of nitrogens with one attached hydrogen (secondary N) is 2. The molecular weight excluding hydrogens is 578 g/mol. The molecule has 3 heterocycles. The number of sulfonamides is 1. The van der Waals surface area contributed by atoms with E-state index in [2.05, 4.69) is 25.6 Å². The maximum atomic E-state index is 15.5. The molecule has 1 aromatic carbocycles. The lowest BCUT2D eigenvalue weighted by Gasteiger charge is -2.31. The van der Waals surface area contributed by atoms with Crippen LogP contribution in [-0.4, -0.2) is 63.8 Å². The lowest BCUT2D eigenvalue weighted by molar-refractivity contribution is 0.0502. The summed E-state index contributed by atoms with van der Waals surface area (Å²) >= 11 is 0. The number of amides is 1. The van der Waals surface area contributed by atoms with Gasteiger partial charge in [0.1, 0.15) is 22.6 Å². The van der Waals surface area contributed by atoms with Gasteiger partial charge in [0.15, 0.2) is 5.82 Å². The molecular formula is C30H38F2N6O4S. The van der Waals surface area contributed by atoms with Crippen LogP contribution in [0.1, 0.15) is 77.1 Å². The Bertz CT molecular complexity index is 1630. The predicted octanol–water partition coefficient (Wildman–Crippen LogP) is 5.62. The van der Waals surface area contributed by atoms with Crippen LogP contribution < -0.4 is 10.6 Å². The first kappa shape index (κ1) is 31.0. The number of hydrogen-bond donors (Lipinski definition) is 2. The van der Waals surface area contributed by atoms with Crippen LogP contribution in [0.3, 0.4) is 0 Å². The minimum Gasteiger partial charge on any atom is -0.444 e. The zero-order valence-corrected chi connectivity index (χ0v) is 25.9. The van der Waals surface area contributed by atoms with E-state index >= 15 is 8.78 Å². The minimum atomic E-state index is -3.23. The number of aromatic nitrogens is 3. The standard InChI is InChI=1S/C30H38F2N6O4S/c1-6-25(36-29(39)42-30(3,4)5)21-13-17(2)34-27-22(21)14-18(15-23(27)31)26-24(32)16-33-28(37-26)35-19-9-11-38(12-10-19)43(40,41)20-7-8-20/h13-16,19-20,25H,6-12H2,1-5H3,(H,36,39)(H,33,35,37). The maximum absolute atomic E-state index is 15.5. The van der Waals surface area contributed by atoms with E-state index < -0.39 is 39.4 Å². The number of piperidine rings is 1. The van der Waals surface area contributed by atoms with E-state index in [1.807, 2.05) is 6.92 Å². The molecule has 3 aromatic rings. The summed E-state index contributed by atoms with van der Waals surface area (Å²) in [5, 5.41) is 6.23. The lowest BCUT2D eigenvalue weighted by atomic mass is 9.96. The molecule has 1 saturated carbocycles. The number of nitrogens with zero attached hydrogens (tertiary/aromatic N) is 4. The highest BCUT2D eigenvalue weighted by Crippen LogP contribution is 2.34. The van der Waals surface area contributed by atoms with Gasteiger partial charge in [0, 0.05) is 35.8 Å². The number of pyridine rings is 1. The monoisotopic (exact) mass is 616 g/mol. The second-order valence-corrected chi connectivity index (χ2v) is 14.5. The van der Waals surface area contributed by atoms with Gasteiger partial charge in [-0.05, 0) is 83.6 Å². The van der Waals surface area contributed by atoms with Gasteiger partial charge in [-0.25, -0.2) is 36.3 Å². The van der Waals surface area contributed by atoms with Gasteiger partial charge in [-0.2, -0.15) is 0 Å². The van der Waals surface area contributed by atoms with E-state index in [1.165, 1.54) is 6.07 Å². The molecule has 1 atom stereocenters. The third kappa shape index (κ3) is 7.04. The number of aryl methyl sites for hydroxylation is 1. The molecule has 13 heteroatoms. The minimum absolute atomic E-state index is 0.0910. The van der Waals surface area contributed by atoms with Crippen LogP contribution in [0.4, 0.5) is 19.5 Å². The van der Waals surface area contributed by atoms with E-state index in [-0.39, 0.29) is 34.0 Å². The van der Waals surface area contributed by atoms with Crippen molar-refractivity contribution in [2.75, 3.05) is 18.4 Å². The first-order valence-electron chi connectivity index (χ1n) is 14.6. The number of carbonyl (C=O) groups is 1. The fraction of sp³-hybridized carbons (Fsp3) is 0.533. The van der Waals surface area contributed by atoms with Crippen molar-refractivity contribution in [1.29, 1.82) is 0 Å². The fourth-order valence-electron chi connectivity index (χ4n) is 5.37. The molecule has 232 valence electrons. The highest BCUT2D eigenvalue weighted by atomic mass is 32.2. The first-order valence-corrected chi connectivity index (χ1v) is 16.1. The molecule has 0 bridgehead atoms. The van der Waals surface area contributed by atoms with Crippen LogP contribution in [-0.2, 0) is 14.8 Å². The normalized spacial score (nSPS) is 17.6. The van der Waals surface area contributed by atoms with Gasteiger partial charge in [-0.15, -0.1) is 0 Å². The van der Waals surface area contributed by atoms with E-state index in [0.717, 1.165) is 19.0 Å². The van der Waals surface area contributed by atoms with Crippen molar-refractivity contribution in [2.45, 2.75) is 89.7 Å². The van der Waals surface area contributed by atoms with Crippen molar-refractivity contribution >= 4 is 33.0 Å². The van der Waals surface area contributed by atoms with Crippen molar-refractivity contribution < 1.29 is 26.7 Å². The molecule has 43 heavy (non-hydrogen) atoms. The highest BCUT2D eigenvalue weighted by Gasteiger charge is 2.41. The molecule has 0 radical (unpaired) electrons. The van der Waals surface area contributed by atoms with Gasteiger partial charge in [0.2, 0.25) is 16.0 Å². The number of alkyl carbamates (subject to hydrolysis) is 1. The Balaban J connectivity index is 1.42. The summed E-state index contributed by atoms with van der Waals surface area (Å²) in [6.07, 6.45) is 3.48. The Kier molecular flexibility index (Phi) is 8.59. The number of halogens is 2. The molecule has 1 saturated heterocycles. The quantitative estimate of drug-likeness (QED) is 0.334. The Morgan fingerprint density at radius 3 is 2.42 bits per heavy atom. The van der Waals surface area contributed by atoms with Crippen molar-refractivity contribution in [3.05, 3.63) is 47.3 Å². The van der Waals surface area contributed by atoms with Gasteiger partial charge in [-0.3, -0.25) is 4.98 Å². The van der Waals surface area contributed by atoms with Crippen LogP contribution in [0.25, 0.3) is 22.2 Å². The number of hydrogen-bond acceptors (Lipinski definition) is 8. The average molecular weight is 617 g/mol. The van der Waals surface area contributed by atoms with E-state index in [1.54, 1.807) is 44.1 Å². The number of ether oxygens (including phenoxy) is 1. The summed E-state index contributed by atoms with van der Waals surface area (Å²) in [5.74, 6) is -1.21. The smallest absolute Gasteiger partial charge is 0.408 e. The van der Waals surface area contributed by atoms with Crippen LogP contribution in [0.2, 0.25) is 0 Å². The number of benzene rings is 1. The van der Waals surface area contributed by atoms with Crippen LogP contribution in [0.15, 0.2) is 24.4 Å². The van der Waals surface area contributed by atoms with Crippen molar-refractivity contribution in [1.82, 2.24) is 24.6 Å². The number of carbonyl (C=O) groups excluding carboxylic acids is 1. The topological polar surface area (TPSA) is 126 Å². The Morgan fingerprint density at radius 2 is 1.79 bits per heavy atom. The highest BCUT2D eigenvalue weighted by molar-refractivity contribution is 7.90. The molecule has 1 amide bonds. The molecule has 1 aliphatic carbocycles. The van der Waals surface area contributed by atoms with Crippen LogP contribution in [0, 0.1) is 18.6 Å². The molecule has 2 aromatic heterocycles. The third-order valence-corrected chi connectivity index (χ3v) is 10.0. The van der Waals surface area contributed by atoms with Gasteiger partial charge in [0.05, 0.1) is 17.5 Å². The van der Waals surface area contributed by atoms with Gasteiger partial charge in [-0.1, -0.05) is 6.92 Å². The molecule has 2 N–H and O–H groups in total. The summed E-state index contributed by atoms with van der Waals surface area (Å²) < 4.78 is 62.7.